The lowest BCUT2D eigenvalue weighted by molar-refractivity contribution is -0.00532. The van der Waals surface area contributed by atoms with Crippen LogP contribution in [0, 0.1) is 5.82 Å². The largest absolute Gasteiger partial charge is 0.456 e. The summed E-state index contributed by atoms with van der Waals surface area (Å²) in [5, 5.41) is 22.8. The van der Waals surface area contributed by atoms with Gasteiger partial charge in [0.1, 0.15) is 29.9 Å². The van der Waals surface area contributed by atoms with Crippen molar-refractivity contribution in [3.63, 3.8) is 0 Å². The molecule has 9 nitrogen and oxygen atoms in total. The molecule has 4 N–H and O–H groups in total. The van der Waals surface area contributed by atoms with E-state index in [2.05, 4.69) is 20.3 Å². The number of aromatic nitrogens is 3. The van der Waals surface area contributed by atoms with E-state index in [1.807, 2.05) is 0 Å². The maximum atomic E-state index is 15.1. The van der Waals surface area contributed by atoms with Crippen LogP contribution in [0.4, 0.5) is 19.0 Å². The molecule has 1 unspecified atom stereocenters. The number of ether oxygens (including phenoxy) is 3. The molecule has 2 fully saturated rings. The summed E-state index contributed by atoms with van der Waals surface area (Å²) in [7, 11) is 0. The van der Waals surface area contributed by atoms with Gasteiger partial charge in [0, 0.05) is 17.5 Å². The number of hydrogen-bond donors (Lipinski definition) is 4. The third kappa shape index (κ3) is 4.95. The Bertz CT molecular complexity index is 1460. The highest BCUT2D eigenvalue weighted by atomic mass is 35.5. The summed E-state index contributed by atoms with van der Waals surface area (Å²) in [6, 6.07) is 2.92. The summed E-state index contributed by atoms with van der Waals surface area (Å²) >= 11 is 6.40. The van der Waals surface area contributed by atoms with Gasteiger partial charge in [0.15, 0.2) is 11.8 Å². The van der Waals surface area contributed by atoms with Crippen LogP contribution >= 0.6 is 11.6 Å². The number of alkyl halides is 2. The van der Waals surface area contributed by atoms with E-state index in [0.29, 0.717) is 5.52 Å². The van der Waals surface area contributed by atoms with Gasteiger partial charge in [-0.05, 0) is 37.6 Å². The molecule has 6 rings (SSSR count). The van der Waals surface area contributed by atoms with Crippen molar-refractivity contribution in [3.05, 3.63) is 51.8 Å². The van der Waals surface area contributed by atoms with Gasteiger partial charge >= 0.3 is 0 Å². The molecule has 3 aliphatic rings. The Morgan fingerprint density at radius 2 is 1.97 bits per heavy atom. The van der Waals surface area contributed by atoms with Gasteiger partial charge in [-0.15, -0.1) is 0 Å². The predicted octanol–water partition coefficient (Wildman–Crippen LogP) is 4.09. The molecular formula is C26H26ClF3N4O5. The molecule has 0 bridgehead atoms. The lowest BCUT2D eigenvalue weighted by Crippen LogP contribution is -2.34. The molecule has 1 aliphatic carbocycles. The molecular weight excluding hydrogens is 541 g/mol. The number of imidazole rings is 1. The maximum Gasteiger partial charge on any atom is 0.296 e. The Morgan fingerprint density at radius 3 is 2.74 bits per heavy atom. The molecule has 2 aliphatic heterocycles. The molecule has 2 aromatic heterocycles. The van der Waals surface area contributed by atoms with Crippen LogP contribution in [-0.4, -0.2) is 68.4 Å². The van der Waals surface area contributed by atoms with Gasteiger partial charge in [0.25, 0.3) is 11.9 Å². The first-order valence-corrected chi connectivity index (χ1v) is 12.8. The van der Waals surface area contributed by atoms with E-state index in [0.717, 1.165) is 6.07 Å². The van der Waals surface area contributed by atoms with E-state index in [1.165, 1.54) is 38.1 Å². The van der Waals surface area contributed by atoms with E-state index in [4.69, 9.17) is 25.8 Å². The summed E-state index contributed by atoms with van der Waals surface area (Å²) in [5.41, 5.74) is -0.919. The molecule has 13 heteroatoms. The van der Waals surface area contributed by atoms with E-state index >= 15 is 4.39 Å². The minimum Gasteiger partial charge on any atom is -0.456 e. The fraction of sp³-hybridized carbons (Fsp3) is 0.462. The molecule has 208 valence electrons. The number of nitrogens with one attached hydrogen (secondary N) is 2. The Labute approximate surface area is 225 Å². The van der Waals surface area contributed by atoms with Crippen molar-refractivity contribution in [1.29, 1.82) is 0 Å². The quantitative estimate of drug-likeness (QED) is 0.352. The summed E-state index contributed by atoms with van der Waals surface area (Å²) in [6.07, 6.45) is -0.0100. The van der Waals surface area contributed by atoms with Gasteiger partial charge < -0.3 is 34.7 Å². The number of nitrogens with zero attached hydrogens (tertiary/aromatic N) is 2. The number of rotatable bonds is 6. The topological polar surface area (TPSA) is 122 Å². The summed E-state index contributed by atoms with van der Waals surface area (Å²) < 4.78 is 62.1. The fourth-order valence-electron chi connectivity index (χ4n) is 5.19. The zero-order chi connectivity index (χ0) is 27.7. The van der Waals surface area contributed by atoms with Crippen LogP contribution in [0.2, 0.25) is 5.02 Å². The lowest BCUT2D eigenvalue weighted by atomic mass is 10.0. The fourth-order valence-corrected chi connectivity index (χ4v) is 5.40. The van der Waals surface area contributed by atoms with Crippen molar-refractivity contribution in [2.24, 2.45) is 0 Å². The van der Waals surface area contributed by atoms with E-state index in [9.17, 15) is 19.0 Å². The number of hydrogen-bond acceptors (Lipinski definition) is 8. The van der Waals surface area contributed by atoms with Gasteiger partial charge in [0.2, 0.25) is 0 Å². The smallest absolute Gasteiger partial charge is 0.296 e. The summed E-state index contributed by atoms with van der Waals surface area (Å²) in [4.78, 5) is 11.6. The highest BCUT2D eigenvalue weighted by molar-refractivity contribution is 6.33. The monoisotopic (exact) mass is 566 g/mol. The molecule has 5 atom stereocenters. The first-order valence-electron chi connectivity index (χ1n) is 12.4. The van der Waals surface area contributed by atoms with Gasteiger partial charge in [-0.2, -0.15) is 4.98 Å². The van der Waals surface area contributed by atoms with Crippen LogP contribution in [0.3, 0.4) is 0 Å². The average Bonchev–Trinajstić information content (AvgIpc) is 3.58. The van der Waals surface area contributed by atoms with Crippen LogP contribution in [0.1, 0.15) is 43.0 Å². The van der Waals surface area contributed by atoms with Crippen molar-refractivity contribution < 1.29 is 37.6 Å². The van der Waals surface area contributed by atoms with Crippen LogP contribution < -0.4 is 10.1 Å². The molecule has 4 heterocycles. The van der Waals surface area contributed by atoms with Crippen LogP contribution in [0.25, 0.3) is 17.2 Å². The van der Waals surface area contributed by atoms with E-state index in [-0.39, 0.29) is 46.8 Å². The number of aromatic amines is 1. The number of halogens is 4. The maximum absolute atomic E-state index is 15.1. The second-order valence-corrected chi connectivity index (χ2v) is 11.0. The van der Waals surface area contributed by atoms with Crippen molar-refractivity contribution in [2.45, 2.75) is 62.2 Å². The number of aliphatic hydroxyl groups excluding tert-OH is 1. The zero-order valence-electron chi connectivity index (χ0n) is 20.9. The number of anilines is 1. The molecule has 0 spiro atoms. The number of benzene rings is 1. The number of aliphatic hydroxyl groups is 2. The first-order chi connectivity index (χ1) is 18.4. The third-order valence-corrected chi connectivity index (χ3v) is 7.29. The third-order valence-electron chi connectivity index (χ3n) is 7.00. The highest BCUT2D eigenvalue weighted by Gasteiger charge is 2.49. The average molecular weight is 567 g/mol. The van der Waals surface area contributed by atoms with Crippen molar-refractivity contribution in [2.75, 3.05) is 18.5 Å². The molecule has 0 saturated carbocycles. The highest BCUT2D eigenvalue weighted by Crippen LogP contribution is 2.50. The van der Waals surface area contributed by atoms with Gasteiger partial charge in [-0.3, -0.25) is 0 Å². The Kier molecular flexibility index (Phi) is 6.31. The molecule has 3 aromatic rings. The van der Waals surface area contributed by atoms with Crippen LogP contribution in [0.5, 0.6) is 6.01 Å². The SMILES string of the molecule is CC(C)(O)/C=C/c1cc(F)c2c(c1)C(F)(F)CC2Nc1nc2nc(O[C@@H]3CO[C@H]4[C@@H]3OC[C@H]4O)[nH]c2cc1Cl. The molecule has 0 radical (unpaired) electrons. The Morgan fingerprint density at radius 1 is 1.21 bits per heavy atom. The normalized spacial score (nSPS) is 27.8. The summed E-state index contributed by atoms with van der Waals surface area (Å²) in [5.74, 6) is -4.04. The standard InChI is InChI=1S/C26H26ClF3N4O5/c1-25(2,36)4-3-11-5-12-19(14(28)6-11)16(8-26(12,29)30)31-22-13(27)7-15-23(33-22)34-24(32-15)39-18-10-38-20-17(35)9-37-21(18)20/h3-7,16-18,20-21,35-36H,8-10H2,1-2H3,(H2,31,32,33,34)/b4-3+/t16?,17-,18-,20-,21-/m1/s1. The Hall–Kier alpha value is -2.90. The second-order valence-electron chi connectivity index (χ2n) is 10.6. The van der Waals surface area contributed by atoms with Gasteiger partial charge in [-0.25, -0.2) is 18.2 Å². The predicted molar refractivity (Wildman–Crippen MR) is 135 cm³/mol. The van der Waals surface area contributed by atoms with Crippen LogP contribution in [0.15, 0.2) is 24.3 Å². The number of pyridine rings is 1. The van der Waals surface area contributed by atoms with Crippen LogP contribution in [-0.2, 0) is 15.4 Å². The van der Waals surface area contributed by atoms with Crippen molar-refractivity contribution >= 4 is 34.7 Å². The van der Waals surface area contributed by atoms with E-state index in [1.54, 1.807) is 0 Å². The second kappa shape index (κ2) is 9.34. The zero-order valence-corrected chi connectivity index (χ0v) is 21.7. The summed E-state index contributed by atoms with van der Waals surface area (Å²) in [6.45, 7) is 3.42. The molecule has 2 saturated heterocycles. The molecule has 1 aromatic carbocycles. The van der Waals surface area contributed by atoms with Gasteiger partial charge in [-0.1, -0.05) is 23.8 Å². The molecule has 39 heavy (non-hydrogen) atoms. The number of fused-ring (bicyclic) bond motifs is 3. The first kappa shape index (κ1) is 26.3. The minimum atomic E-state index is -3.30. The lowest BCUT2D eigenvalue weighted by Gasteiger charge is -2.16. The molecule has 0 amide bonds. The van der Waals surface area contributed by atoms with Crippen molar-refractivity contribution in [1.82, 2.24) is 15.0 Å². The van der Waals surface area contributed by atoms with Crippen molar-refractivity contribution in [3.8, 4) is 6.01 Å². The minimum absolute atomic E-state index is 0.0628. The van der Waals surface area contributed by atoms with E-state index < -0.39 is 59.8 Å². The number of H-pyrrole nitrogens is 1. The Balaban J connectivity index is 1.24. The van der Waals surface area contributed by atoms with Gasteiger partial charge in [0.05, 0.1) is 35.4 Å².